The zero-order valence-corrected chi connectivity index (χ0v) is 17.2. The van der Waals surface area contributed by atoms with Gasteiger partial charge in [-0.25, -0.2) is 4.39 Å². The molecule has 0 fully saturated rings. The van der Waals surface area contributed by atoms with Crippen molar-refractivity contribution < 1.29 is 19.0 Å². The van der Waals surface area contributed by atoms with Gasteiger partial charge in [0.15, 0.2) is 11.5 Å². The van der Waals surface area contributed by atoms with E-state index in [1.807, 2.05) is 54.6 Å². The second kappa shape index (κ2) is 8.86. The van der Waals surface area contributed by atoms with Gasteiger partial charge in [-0.05, 0) is 52.9 Å². The van der Waals surface area contributed by atoms with Crippen molar-refractivity contribution in [1.82, 2.24) is 4.90 Å². The molecule has 4 nitrogen and oxygen atoms in total. The molecule has 1 aliphatic heterocycles. The van der Waals surface area contributed by atoms with E-state index in [-0.39, 0.29) is 24.5 Å². The first-order chi connectivity index (χ1) is 14.7. The third-order valence-corrected chi connectivity index (χ3v) is 5.85. The fourth-order valence-electron chi connectivity index (χ4n) is 4.39. The Hall–Kier alpha value is -2.89. The molecule has 0 aliphatic carbocycles. The van der Waals surface area contributed by atoms with Crippen molar-refractivity contribution in [2.24, 2.45) is 0 Å². The van der Waals surface area contributed by atoms with E-state index in [0.29, 0.717) is 11.5 Å². The number of rotatable bonds is 6. The van der Waals surface area contributed by atoms with Crippen LogP contribution in [0.5, 0.6) is 11.5 Å². The molecule has 0 saturated carbocycles. The van der Waals surface area contributed by atoms with Crippen LogP contribution in [0.1, 0.15) is 34.3 Å². The minimum absolute atomic E-state index is 0.00959. The average molecular weight is 407 g/mol. The number of methoxy groups -OCH3 is 2. The largest absolute Gasteiger partial charge is 0.493 e. The van der Waals surface area contributed by atoms with Crippen molar-refractivity contribution in [2.75, 3.05) is 27.4 Å². The van der Waals surface area contributed by atoms with Crippen molar-refractivity contribution in [3.63, 3.8) is 0 Å². The minimum atomic E-state index is -0.268. The van der Waals surface area contributed by atoms with Crippen LogP contribution >= 0.6 is 0 Å². The molecule has 0 spiro atoms. The topological polar surface area (TPSA) is 41.9 Å². The van der Waals surface area contributed by atoms with E-state index >= 15 is 0 Å². The number of aliphatic hydroxyl groups is 1. The van der Waals surface area contributed by atoms with Gasteiger partial charge in [0.25, 0.3) is 0 Å². The number of hydrogen-bond acceptors (Lipinski definition) is 4. The van der Waals surface area contributed by atoms with Gasteiger partial charge in [0.05, 0.1) is 32.9 Å². The molecular formula is C25H26FNO3. The second-order valence-corrected chi connectivity index (χ2v) is 7.46. The fourth-order valence-corrected chi connectivity index (χ4v) is 4.39. The van der Waals surface area contributed by atoms with E-state index in [1.165, 1.54) is 17.7 Å². The Labute approximate surface area is 176 Å². The summed E-state index contributed by atoms with van der Waals surface area (Å²) in [5, 5.41) is 10.3. The van der Waals surface area contributed by atoms with Crippen molar-refractivity contribution in [2.45, 2.75) is 18.5 Å². The molecule has 1 heterocycles. The van der Waals surface area contributed by atoms with Crippen LogP contribution in [0.4, 0.5) is 4.39 Å². The monoisotopic (exact) mass is 407 g/mol. The highest BCUT2D eigenvalue weighted by molar-refractivity contribution is 5.52. The van der Waals surface area contributed by atoms with Crippen molar-refractivity contribution in [1.29, 1.82) is 0 Å². The summed E-state index contributed by atoms with van der Waals surface area (Å²) in [5.74, 6) is 1.09. The number of nitrogens with zero attached hydrogens (tertiary/aromatic N) is 1. The predicted octanol–water partition coefficient (Wildman–Crippen LogP) is 4.52. The molecular weight excluding hydrogens is 381 g/mol. The maximum absolute atomic E-state index is 13.7. The standard InChI is InChI=1S/C25H26FNO3/c1-29-23-14-19-12-13-27(22(16-28)17-6-4-3-5-7-17)25(21(19)15-24(23)30-2)18-8-10-20(26)11-9-18/h3-11,14-15,22,25,28H,12-13,16H2,1-2H3/t22-,25-/m0/s1. The minimum Gasteiger partial charge on any atom is -0.493 e. The van der Waals surface area contributed by atoms with Gasteiger partial charge in [-0.3, -0.25) is 4.90 Å². The van der Waals surface area contributed by atoms with Gasteiger partial charge >= 0.3 is 0 Å². The van der Waals surface area contributed by atoms with Crippen molar-refractivity contribution in [3.8, 4) is 11.5 Å². The summed E-state index contributed by atoms with van der Waals surface area (Å²) in [6, 6.07) is 20.3. The van der Waals surface area contributed by atoms with E-state index in [9.17, 15) is 9.50 Å². The van der Waals surface area contributed by atoms with Gasteiger partial charge in [0.2, 0.25) is 0 Å². The number of aliphatic hydroxyl groups excluding tert-OH is 1. The molecule has 156 valence electrons. The second-order valence-electron chi connectivity index (χ2n) is 7.46. The van der Waals surface area contributed by atoms with Crippen LogP contribution in [-0.4, -0.2) is 37.4 Å². The first kappa shape index (κ1) is 20.4. The lowest BCUT2D eigenvalue weighted by atomic mass is 9.85. The van der Waals surface area contributed by atoms with Gasteiger partial charge in [0.1, 0.15) is 5.82 Å². The Morgan fingerprint density at radius 3 is 2.30 bits per heavy atom. The molecule has 0 amide bonds. The molecule has 5 heteroatoms. The maximum Gasteiger partial charge on any atom is 0.161 e. The Balaban J connectivity index is 1.86. The first-order valence-electron chi connectivity index (χ1n) is 10.1. The quantitative estimate of drug-likeness (QED) is 0.652. The van der Waals surface area contributed by atoms with Gasteiger partial charge < -0.3 is 14.6 Å². The van der Waals surface area contributed by atoms with Crippen molar-refractivity contribution >= 4 is 0 Å². The molecule has 3 aromatic rings. The molecule has 30 heavy (non-hydrogen) atoms. The van der Waals surface area contributed by atoms with Gasteiger partial charge in [-0.2, -0.15) is 0 Å². The molecule has 0 saturated heterocycles. The van der Waals surface area contributed by atoms with E-state index in [0.717, 1.165) is 29.7 Å². The maximum atomic E-state index is 13.7. The van der Waals surface area contributed by atoms with Crippen LogP contribution in [-0.2, 0) is 6.42 Å². The molecule has 4 rings (SSSR count). The molecule has 1 N–H and O–H groups in total. The van der Waals surface area contributed by atoms with Gasteiger partial charge in [-0.1, -0.05) is 42.5 Å². The number of benzene rings is 3. The highest BCUT2D eigenvalue weighted by Gasteiger charge is 2.35. The molecule has 0 bridgehead atoms. The lowest BCUT2D eigenvalue weighted by Gasteiger charge is -2.42. The SMILES string of the molecule is COc1cc2c(cc1OC)[C@H](c1ccc(F)cc1)N([C@@H](CO)c1ccccc1)CC2. The van der Waals surface area contributed by atoms with Crippen LogP contribution < -0.4 is 9.47 Å². The van der Waals surface area contributed by atoms with E-state index in [1.54, 1.807) is 14.2 Å². The van der Waals surface area contributed by atoms with Gasteiger partial charge in [-0.15, -0.1) is 0 Å². The molecule has 0 aromatic heterocycles. The highest BCUT2D eigenvalue weighted by atomic mass is 19.1. The van der Waals surface area contributed by atoms with Gasteiger partial charge in [0, 0.05) is 6.54 Å². The van der Waals surface area contributed by atoms with Crippen LogP contribution in [0.2, 0.25) is 0 Å². The van der Waals surface area contributed by atoms with Crippen molar-refractivity contribution in [3.05, 3.63) is 94.8 Å². The fraction of sp³-hybridized carbons (Fsp3) is 0.280. The molecule has 0 unspecified atom stereocenters. The van der Waals surface area contributed by atoms with E-state index < -0.39 is 0 Å². The number of fused-ring (bicyclic) bond motifs is 1. The van der Waals surface area contributed by atoms with Crippen LogP contribution in [0, 0.1) is 5.82 Å². The highest BCUT2D eigenvalue weighted by Crippen LogP contribution is 2.44. The average Bonchev–Trinajstić information content (AvgIpc) is 2.80. The lowest BCUT2D eigenvalue weighted by molar-refractivity contribution is 0.0901. The third kappa shape index (κ3) is 3.78. The number of ether oxygens (including phenoxy) is 2. The Bertz CT molecular complexity index is 991. The van der Waals surface area contributed by atoms with Crippen LogP contribution in [0.3, 0.4) is 0 Å². The molecule has 1 aliphatic rings. The summed E-state index contributed by atoms with van der Waals surface area (Å²) < 4.78 is 24.7. The summed E-state index contributed by atoms with van der Waals surface area (Å²) in [6.07, 6.45) is 0.816. The van der Waals surface area contributed by atoms with Crippen LogP contribution in [0.25, 0.3) is 0 Å². The predicted molar refractivity (Wildman–Crippen MR) is 114 cm³/mol. The summed E-state index contributed by atoms with van der Waals surface area (Å²) in [5.41, 5.74) is 4.28. The Kier molecular flexibility index (Phi) is 6.02. The molecule has 3 aromatic carbocycles. The number of halogens is 1. The lowest BCUT2D eigenvalue weighted by Crippen LogP contribution is -2.40. The Morgan fingerprint density at radius 1 is 1.00 bits per heavy atom. The normalized spacial score (nSPS) is 17.3. The van der Waals surface area contributed by atoms with Crippen LogP contribution in [0.15, 0.2) is 66.7 Å². The summed E-state index contributed by atoms with van der Waals surface area (Å²) >= 11 is 0. The Morgan fingerprint density at radius 2 is 1.67 bits per heavy atom. The first-order valence-corrected chi connectivity index (χ1v) is 10.1. The summed E-state index contributed by atoms with van der Waals surface area (Å²) in [6.45, 7) is 0.745. The number of hydrogen-bond donors (Lipinski definition) is 1. The zero-order valence-electron chi connectivity index (χ0n) is 17.2. The smallest absolute Gasteiger partial charge is 0.161 e. The van der Waals surface area contributed by atoms with E-state index in [4.69, 9.17) is 9.47 Å². The third-order valence-electron chi connectivity index (χ3n) is 5.85. The molecule has 0 radical (unpaired) electrons. The summed E-state index contributed by atoms with van der Waals surface area (Å²) in [7, 11) is 3.26. The van der Waals surface area contributed by atoms with E-state index in [2.05, 4.69) is 4.90 Å². The zero-order chi connectivity index (χ0) is 21.1. The summed E-state index contributed by atoms with van der Waals surface area (Å²) in [4.78, 5) is 2.29. The molecule has 2 atom stereocenters.